The van der Waals surface area contributed by atoms with E-state index in [4.69, 9.17) is 11.6 Å². The summed E-state index contributed by atoms with van der Waals surface area (Å²) < 4.78 is 0. The minimum atomic E-state index is 0.0258. The highest BCUT2D eigenvalue weighted by molar-refractivity contribution is 6.30. The second-order valence-corrected chi connectivity index (χ2v) is 6.29. The van der Waals surface area contributed by atoms with Crippen LogP contribution in [0.1, 0.15) is 50.0 Å². The maximum absolute atomic E-state index is 12.5. The van der Waals surface area contributed by atoms with Gasteiger partial charge in [-0.3, -0.25) is 4.79 Å². The van der Waals surface area contributed by atoms with Gasteiger partial charge in [-0.15, -0.1) is 0 Å². The quantitative estimate of drug-likeness (QED) is 0.889. The van der Waals surface area contributed by atoms with Gasteiger partial charge in [-0.25, -0.2) is 0 Å². The zero-order valence-corrected chi connectivity index (χ0v) is 11.8. The van der Waals surface area contributed by atoms with Gasteiger partial charge in [0.25, 0.3) is 0 Å². The molecule has 0 aromatic heterocycles. The molecule has 102 valence electrons. The Kier molecular flexibility index (Phi) is 3.79. The lowest BCUT2D eigenvalue weighted by molar-refractivity contribution is -0.123. The highest BCUT2D eigenvalue weighted by Crippen LogP contribution is 2.43. The topological polar surface area (TPSA) is 29.1 Å². The van der Waals surface area contributed by atoms with Crippen LogP contribution in [0.25, 0.3) is 0 Å². The summed E-state index contributed by atoms with van der Waals surface area (Å²) in [5, 5.41) is 3.97. The molecule has 2 nitrogen and oxygen atoms in total. The minimum absolute atomic E-state index is 0.0258. The molecule has 0 aliphatic heterocycles. The summed E-state index contributed by atoms with van der Waals surface area (Å²) in [7, 11) is 0. The Balaban J connectivity index is 1.72. The smallest absolute Gasteiger partial charge is 0.228 e. The number of carbonyl (C=O) groups excluding carboxylic acids is 1. The Morgan fingerprint density at radius 2 is 1.74 bits per heavy atom. The monoisotopic (exact) mass is 277 g/mol. The second kappa shape index (κ2) is 5.54. The van der Waals surface area contributed by atoms with Gasteiger partial charge in [0, 0.05) is 11.1 Å². The van der Waals surface area contributed by atoms with Crippen molar-refractivity contribution >= 4 is 17.5 Å². The van der Waals surface area contributed by atoms with E-state index in [0.29, 0.717) is 12.0 Å². The summed E-state index contributed by atoms with van der Waals surface area (Å²) in [5.41, 5.74) is 1.11. The molecule has 1 aromatic carbocycles. The Morgan fingerprint density at radius 3 is 2.32 bits per heavy atom. The first kappa shape index (κ1) is 13.0. The van der Waals surface area contributed by atoms with E-state index in [2.05, 4.69) is 5.32 Å². The predicted octanol–water partition coefficient (Wildman–Crippen LogP) is 3.89. The van der Waals surface area contributed by atoms with Crippen LogP contribution in [0.5, 0.6) is 0 Å². The Morgan fingerprint density at radius 1 is 1.11 bits per heavy atom. The van der Waals surface area contributed by atoms with Gasteiger partial charge in [-0.2, -0.15) is 0 Å². The Bertz CT molecular complexity index is 446. The number of carbonyl (C=O) groups is 1. The van der Waals surface area contributed by atoms with Crippen molar-refractivity contribution in [1.82, 2.24) is 5.32 Å². The van der Waals surface area contributed by atoms with Crippen molar-refractivity contribution in [3.05, 3.63) is 34.9 Å². The second-order valence-electron chi connectivity index (χ2n) is 5.86. The average Bonchev–Trinajstić information content (AvgIpc) is 3.09. The number of nitrogens with one attached hydrogen (secondary N) is 1. The zero-order valence-electron chi connectivity index (χ0n) is 11.1. The predicted molar refractivity (Wildman–Crippen MR) is 77.3 cm³/mol. The van der Waals surface area contributed by atoms with Crippen molar-refractivity contribution in [2.24, 2.45) is 5.92 Å². The van der Waals surface area contributed by atoms with Crippen molar-refractivity contribution in [3.63, 3.8) is 0 Å². The van der Waals surface area contributed by atoms with Crippen LogP contribution in [0.2, 0.25) is 5.02 Å². The van der Waals surface area contributed by atoms with Gasteiger partial charge in [-0.05, 0) is 49.3 Å². The molecule has 1 aromatic rings. The molecule has 19 heavy (non-hydrogen) atoms. The summed E-state index contributed by atoms with van der Waals surface area (Å²) in [6.07, 6.45) is 7.13. The lowest BCUT2D eigenvalue weighted by Gasteiger charge is -2.20. The number of halogens is 1. The molecule has 3 heteroatoms. The van der Waals surface area contributed by atoms with Crippen LogP contribution in [0.4, 0.5) is 0 Å². The molecule has 3 rings (SSSR count). The van der Waals surface area contributed by atoms with Crippen LogP contribution in [0, 0.1) is 5.92 Å². The van der Waals surface area contributed by atoms with Gasteiger partial charge >= 0.3 is 0 Å². The van der Waals surface area contributed by atoms with Crippen LogP contribution in [-0.4, -0.2) is 11.9 Å². The van der Waals surface area contributed by atoms with E-state index in [1.54, 1.807) is 0 Å². The molecule has 0 heterocycles. The fraction of sp³-hybridized carbons (Fsp3) is 0.562. The van der Waals surface area contributed by atoms with Crippen molar-refractivity contribution in [2.45, 2.75) is 50.5 Å². The molecule has 1 N–H and O–H groups in total. The van der Waals surface area contributed by atoms with E-state index in [9.17, 15) is 4.79 Å². The largest absolute Gasteiger partial charge is 0.353 e. The SMILES string of the molecule is O=C(NC1CCCC1)C(c1ccc(Cl)cc1)C1CC1. The van der Waals surface area contributed by atoms with Gasteiger partial charge in [-0.1, -0.05) is 36.6 Å². The average molecular weight is 278 g/mol. The fourth-order valence-electron chi connectivity index (χ4n) is 3.10. The standard InChI is InChI=1S/C16H20ClNO/c17-13-9-7-12(8-10-13)15(11-5-6-11)16(19)18-14-3-1-2-4-14/h7-11,14-15H,1-6H2,(H,18,19). The van der Waals surface area contributed by atoms with Crippen LogP contribution < -0.4 is 5.32 Å². The molecule has 0 saturated heterocycles. The lowest BCUT2D eigenvalue weighted by Crippen LogP contribution is -2.37. The van der Waals surface area contributed by atoms with Crippen LogP contribution in [0.3, 0.4) is 0 Å². The molecule has 1 unspecified atom stereocenters. The van der Waals surface area contributed by atoms with Crippen molar-refractivity contribution in [1.29, 1.82) is 0 Å². The van der Waals surface area contributed by atoms with E-state index >= 15 is 0 Å². The van der Waals surface area contributed by atoms with Gasteiger partial charge in [0.1, 0.15) is 0 Å². The molecule has 2 saturated carbocycles. The highest BCUT2D eigenvalue weighted by Gasteiger charge is 2.38. The minimum Gasteiger partial charge on any atom is -0.353 e. The van der Waals surface area contributed by atoms with Crippen LogP contribution in [-0.2, 0) is 4.79 Å². The lowest BCUT2D eigenvalue weighted by atomic mass is 9.93. The molecule has 1 atom stereocenters. The first-order valence-electron chi connectivity index (χ1n) is 7.30. The molecular formula is C16H20ClNO. The van der Waals surface area contributed by atoms with Gasteiger partial charge in [0.2, 0.25) is 5.91 Å². The molecule has 1 amide bonds. The first-order valence-corrected chi connectivity index (χ1v) is 7.67. The molecular weight excluding hydrogens is 258 g/mol. The Hall–Kier alpha value is -1.02. The number of hydrogen-bond acceptors (Lipinski definition) is 1. The molecule has 0 radical (unpaired) electrons. The Labute approximate surface area is 119 Å². The van der Waals surface area contributed by atoms with E-state index in [0.717, 1.165) is 23.4 Å². The van der Waals surface area contributed by atoms with Crippen molar-refractivity contribution in [2.75, 3.05) is 0 Å². The van der Waals surface area contributed by atoms with E-state index in [-0.39, 0.29) is 11.8 Å². The molecule has 2 aliphatic carbocycles. The van der Waals surface area contributed by atoms with E-state index in [1.807, 2.05) is 24.3 Å². The third-order valence-electron chi connectivity index (χ3n) is 4.31. The summed E-state index contributed by atoms with van der Waals surface area (Å²) in [4.78, 5) is 12.5. The number of benzene rings is 1. The van der Waals surface area contributed by atoms with Gasteiger partial charge in [0.05, 0.1) is 5.92 Å². The summed E-state index contributed by atoms with van der Waals surface area (Å²) >= 11 is 5.93. The number of hydrogen-bond donors (Lipinski definition) is 1. The number of amides is 1. The molecule has 2 aliphatic rings. The summed E-state index contributed by atoms with van der Waals surface area (Å²) in [6, 6.07) is 8.17. The number of rotatable bonds is 4. The van der Waals surface area contributed by atoms with Gasteiger partial charge in [0.15, 0.2) is 0 Å². The normalized spacial score (nSPS) is 21.3. The highest BCUT2D eigenvalue weighted by atomic mass is 35.5. The molecule has 0 spiro atoms. The summed E-state index contributed by atoms with van der Waals surface area (Å²) in [6.45, 7) is 0. The zero-order chi connectivity index (χ0) is 13.2. The van der Waals surface area contributed by atoms with E-state index < -0.39 is 0 Å². The third kappa shape index (κ3) is 3.11. The van der Waals surface area contributed by atoms with Crippen LogP contribution in [0.15, 0.2) is 24.3 Å². The summed E-state index contributed by atoms with van der Waals surface area (Å²) in [5.74, 6) is 0.775. The van der Waals surface area contributed by atoms with Crippen molar-refractivity contribution < 1.29 is 4.79 Å². The molecule has 2 fully saturated rings. The third-order valence-corrected chi connectivity index (χ3v) is 4.56. The van der Waals surface area contributed by atoms with Crippen LogP contribution >= 0.6 is 11.6 Å². The molecule has 0 bridgehead atoms. The van der Waals surface area contributed by atoms with Crippen molar-refractivity contribution in [3.8, 4) is 0 Å². The maximum atomic E-state index is 12.5. The first-order chi connectivity index (χ1) is 9.24. The maximum Gasteiger partial charge on any atom is 0.228 e. The van der Waals surface area contributed by atoms with E-state index in [1.165, 1.54) is 25.7 Å². The fourth-order valence-corrected chi connectivity index (χ4v) is 3.22. The van der Waals surface area contributed by atoms with Gasteiger partial charge < -0.3 is 5.32 Å².